The van der Waals surface area contributed by atoms with Crippen LogP contribution in [0.25, 0.3) is 0 Å². The molecular formula is C50H56N2O. The zero-order valence-electron chi connectivity index (χ0n) is 31.7. The summed E-state index contributed by atoms with van der Waals surface area (Å²) in [6.07, 6.45) is 8.97. The second-order valence-electron chi connectivity index (χ2n) is 14.1. The lowest BCUT2D eigenvalue weighted by atomic mass is 9.94. The molecule has 2 atom stereocenters. The fraction of sp³-hybridized carbons (Fsp3) is 0.280. The van der Waals surface area contributed by atoms with Crippen molar-refractivity contribution in [3.8, 4) is 0 Å². The molecule has 0 aliphatic carbocycles. The van der Waals surface area contributed by atoms with E-state index >= 15 is 0 Å². The van der Waals surface area contributed by atoms with Gasteiger partial charge in [-0.1, -0.05) is 147 Å². The van der Waals surface area contributed by atoms with Crippen LogP contribution in [0.4, 0.5) is 22.7 Å². The summed E-state index contributed by atoms with van der Waals surface area (Å²) in [5.74, 6) is 0. The quantitative estimate of drug-likeness (QED) is 0.0737. The van der Waals surface area contributed by atoms with Gasteiger partial charge in [-0.25, -0.2) is 0 Å². The van der Waals surface area contributed by atoms with E-state index < -0.39 is 0 Å². The van der Waals surface area contributed by atoms with Crippen LogP contribution in [-0.4, -0.2) is 13.2 Å². The molecule has 6 aromatic carbocycles. The van der Waals surface area contributed by atoms with Crippen molar-refractivity contribution in [1.29, 1.82) is 0 Å². The van der Waals surface area contributed by atoms with Gasteiger partial charge in [0.25, 0.3) is 0 Å². The lowest BCUT2D eigenvalue weighted by Gasteiger charge is -2.35. The Hall–Kier alpha value is -5.12. The molecule has 0 saturated carbocycles. The first-order valence-corrected chi connectivity index (χ1v) is 19.7. The Morgan fingerprint density at radius 2 is 0.660 bits per heavy atom. The molecule has 0 heterocycles. The van der Waals surface area contributed by atoms with E-state index in [9.17, 15) is 0 Å². The highest BCUT2D eigenvalue weighted by atomic mass is 16.5. The molecule has 0 radical (unpaired) electrons. The number of rotatable bonds is 20. The first-order valence-electron chi connectivity index (χ1n) is 19.7. The van der Waals surface area contributed by atoms with Gasteiger partial charge in [0.05, 0.1) is 12.1 Å². The number of ether oxygens (including phenoxy) is 1. The first-order chi connectivity index (χ1) is 26.2. The Morgan fingerprint density at radius 1 is 0.358 bits per heavy atom. The number of unbranched alkanes of at least 4 members (excludes halogenated alkanes) is 4. The summed E-state index contributed by atoms with van der Waals surface area (Å²) in [7, 11) is 0. The largest absolute Gasteiger partial charge is 0.381 e. The maximum atomic E-state index is 6.21. The van der Waals surface area contributed by atoms with Gasteiger partial charge in [-0.2, -0.15) is 0 Å². The molecule has 0 N–H and O–H groups in total. The van der Waals surface area contributed by atoms with Crippen LogP contribution in [0.5, 0.6) is 0 Å². The third kappa shape index (κ3) is 10.5. The van der Waals surface area contributed by atoms with E-state index in [-0.39, 0.29) is 12.1 Å². The minimum atomic E-state index is 0.255. The van der Waals surface area contributed by atoms with Crippen molar-refractivity contribution < 1.29 is 4.74 Å². The van der Waals surface area contributed by atoms with Gasteiger partial charge in [-0.15, -0.1) is 0 Å². The average molecular weight is 701 g/mol. The van der Waals surface area contributed by atoms with Crippen molar-refractivity contribution >= 4 is 22.7 Å². The third-order valence-corrected chi connectivity index (χ3v) is 10.4. The van der Waals surface area contributed by atoms with Gasteiger partial charge in [0.15, 0.2) is 0 Å². The highest BCUT2D eigenvalue weighted by Crippen LogP contribution is 2.40. The molecule has 3 nitrogen and oxygen atoms in total. The standard InChI is InChI=1S/C50H56N2O/c1-41-25-19-21-35-47(41)49(51(43-27-9-3-10-28-43)44-29-11-4-12-30-44)37-17-7-23-39-53-40-24-8-18-38-50(48-36-22-20-26-42(48)2)52(45-31-13-5-14-32-45)46-33-15-6-16-34-46/h3-6,9-16,19-22,25-36,49-50H,7-8,17-18,23-24,37-40H2,1-2H3. The number of aryl methyl sites for hydroxylation is 2. The lowest BCUT2D eigenvalue weighted by Crippen LogP contribution is -2.24. The molecule has 0 fully saturated rings. The SMILES string of the molecule is Cc1ccccc1C(CCCCCOCCCCCC(c1ccccc1C)N(c1ccccc1)c1ccccc1)N(c1ccccc1)c1ccccc1. The van der Waals surface area contributed by atoms with Crippen molar-refractivity contribution in [2.75, 3.05) is 23.0 Å². The molecule has 53 heavy (non-hydrogen) atoms. The second-order valence-corrected chi connectivity index (χ2v) is 14.1. The lowest BCUT2D eigenvalue weighted by molar-refractivity contribution is 0.125. The molecule has 6 rings (SSSR count). The monoisotopic (exact) mass is 700 g/mol. The molecule has 0 amide bonds. The van der Waals surface area contributed by atoms with Gasteiger partial charge >= 0.3 is 0 Å². The summed E-state index contributed by atoms with van der Waals surface area (Å²) < 4.78 is 6.21. The smallest absolute Gasteiger partial charge is 0.0594 e. The van der Waals surface area contributed by atoms with Gasteiger partial charge in [0, 0.05) is 36.0 Å². The normalized spacial score (nSPS) is 12.3. The van der Waals surface area contributed by atoms with Crippen LogP contribution in [0.2, 0.25) is 0 Å². The van der Waals surface area contributed by atoms with Crippen LogP contribution in [0.1, 0.15) is 85.7 Å². The van der Waals surface area contributed by atoms with Gasteiger partial charge < -0.3 is 14.5 Å². The fourth-order valence-electron chi connectivity index (χ4n) is 7.68. The zero-order valence-corrected chi connectivity index (χ0v) is 31.7. The number of hydrogen-bond acceptors (Lipinski definition) is 3. The summed E-state index contributed by atoms with van der Waals surface area (Å²) in [6, 6.07) is 61.7. The second kappa shape index (κ2) is 20.2. The summed E-state index contributed by atoms with van der Waals surface area (Å²) in [6.45, 7) is 6.15. The molecular weight excluding hydrogens is 645 g/mol. The van der Waals surface area contributed by atoms with Crippen LogP contribution in [0.15, 0.2) is 170 Å². The summed E-state index contributed by atoms with van der Waals surface area (Å²) in [4.78, 5) is 5.06. The first kappa shape index (κ1) is 37.6. The Labute approximate surface area is 318 Å². The average Bonchev–Trinajstić information content (AvgIpc) is 3.21. The maximum absolute atomic E-state index is 6.21. The number of para-hydroxylation sites is 4. The van der Waals surface area contributed by atoms with Gasteiger partial charge in [0.2, 0.25) is 0 Å². The van der Waals surface area contributed by atoms with Crippen LogP contribution in [-0.2, 0) is 4.74 Å². The van der Waals surface area contributed by atoms with E-state index in [1.54, 1.807) is 0 Å². The van der Waals surface area contributed by atoms with E-state index in [1.807, 2.05) is 0 Å². The highest BCUT2D eigenvalue weighted by Gasteiger charge is 2.25. The predicted molar refractivity (Wildman–Crippen MR) is 226 cm³/mol. The molecule has 3 heteroatoms. The van der Waals surface area contributed by atoms with Crippen molar-refractivity contribution in [1.82, 2.24) is 0 Å². The van der Waals surface area contributed by atoms with Crippen molar-refractivity contribution in [2.45, 2.75) is 77.3 Å². The maximum Gasteiger partial charge on any atom is 0.0594 e. The minimum absolute atomic E-state index is 0.255. The van der Waals surface area contributed by atoms with Crippen LogP contribution in [0.3, 0.4) is 0 Å². The van der Waals surface area contributed by atoms with E-state index in [2.05, 4.69) is 194 Å². The van der Waals surface area contributed by atoms with Crippen molar-refractivity contribution in [3.05, 3.63) is 192 Å². The van der Waals surface area contributed by atoms with Crippen molar-refractivity contribution in [2.24, 2.45) is 0 Å². The number of nitrogens with zero attached hydrogens (tertiary/aromatic N) is 2. The molecule has 0 spiro atoms. The summed E-state index contributed by atoms with van der Waals surface area (Å²) in [5.41, 5.74) is 10.4. The van der Waals surface area contributed by atoms with E-state index in [4.69, 9.17) is 4.74 Å². The molecule has 0 bridgehead atoms. The molecule has 2 unspecified atom stereocenters. The highest BCUT2D eigenvalue weighted by molar-refractivity contribution is 5.66. The number of hydrogen-bond donors (Lipinski definition) is 0. The number of anilines is 4. The van der Waals surface area contributed by atoms with Gasteiger partial charge in [0.1, 0.15) is 0 Å². The Kier molecular flexibility index (Phi) is 14.3. The van der Waals surface area contributed by atoms with Gasteiger partial charge in [-0.05, 0) is 110 Å². The molecule has 272 valence electrons. The van der Waals surface area contributed by atoms with E-state index in [1.165, 1.54) is 45.0 Å². The molecule has 0 aromatic heterocycles. The molecule has 0 aliphatic heterocycles. The fourth-order valence-corrected chi connectivity index (χ4v) is 7.68. The van der Waals surface area contributed by atoms with Crippen LogP contribution < -0.4 is 9.80 Å². The topological polar surface area (TPSA) is 15.7 Å². The Balaban J connectivity index is 0.998. The van der Waals surface area contributed by atoms with E-state index in [0.717, 1.165) is 64.6 Å². The molecule has 0 saturated heterocycles. The van der Waals surface area contributed by atoms with Crippen LogP contribution in [0, 0.1) is 13.8 Å². The number of benzene rings is 6. The van der Waals surface area contributed by atoms with Crippen LogP contribution >= 0.6 is 0 Å². The molecule has 6 aromatic rings. The molecule has 0 aliphatic rings. The Bertz CT molecular complexity index is 1680. The predicted octanol–water partition coefficient (Wildman–Crippen LogP) is 13.9. The Morgan fingerprint density at radius 3 is 0.981 bits per heavy atom. The van der Waals surface area contributed by atoms with Crippen molar-refractivity contribution in [3.63, 3.8) is 0 Å². The zero-order chi connectivity index (χ0) is 36.5. The van der Waals surface area contributed by atoms with Gasteiger partial charge in [-0.3, -0.25) is 0 Å². The summed E-state index contributed by atoms with van der Waals surface area (Å²) in [5, 5.41) is 0. The third-order valence-electron chi connectivity index (χ3n) is 10.4. The minimum Gasteiger partial charge on any atom is -0.381 e. The summed E-state index contributed by atoms with van der Waals surface area (Å²) >= 11 is 0. The van der Waals surface area contributed by atoms with E-state index in [0.29, 0.717) is 0 Å².